The van der Waals surface area contributed by atoms with Gasteiger partial charge in [0.1, 0.15) is 0 Å². The molecule has 2 heterocycles. The molecule has 29 heavy (non-hydrogen) atoms. The van der Waals surface area contributed by atoms with Gasteiger partial charge in [-0.3, -0.25) is 4.90 Å². The van der Waals surface area contributed by atoms with E-state index in [4.69, 9.17) is 4.74 Å². The van der Waals surface area contributed by atoms with E-state index in [1.807, 2.05) is 43.6 Å². The van der Waals surface area contributed by atoms with E-state index in [2.05, 4.69) is 50.8 Å². The Morgan fingerprint density at radius 2 is 1.62 bits per heavy atom. The topological polar surface area (TPSA) is 37.7 Å². The number of nitrogens with zero attached hydrogens (tertiary/aromatic N) is 3. The van der Waals surface area contributed by atoms with Gasteiger partial charge in [-0.05, 0) is 42.8 Å². The van der Waals surface area contributed by atoms with Crippen LogP contribution in [-0.4, -0.2) is 48.2 Å². The average Bonchev–Trinajstić information content (AvgIpc) is 3.30. The minimum atomic E-state index is -0.278. The van der Waals surface area contributed by atoms with Crippen LogP contribution in [0.15, 0.2) is 73.1 Å². The molecule has 0 atom stereocenters. The van der Waals surface area contributed by atoms with Gasteiger partial charge in [-0.2, -0.15) is 0 Å². The summed E-state index contributed by atoms with van der Waals surface area (Å²) in [6.45, 7) is 7.14. The molecular formula is C24H27N3O2. The van der Waals surface area contributed by atoms with Crippen molar-refractivity contribution in [2.24, 2.45) is 0 Å². The first kappa shape index (κ1) is 19.3. The van der Waals surface area contributed by atoms with E-state index >= 15 is 0 Å². The van der Waals surface area contributed by atoms with E-state index in [9.17, 15) is 4.79 Å². The van der Waals surface area contributed by atoms with Gasteiger partial charge in [-0.15, -0.1) is 0 Å². The second-order valence-electron chi connectivity index (χ2n) is 7.26. The number of aromatic nitrogens is 1. The number of anilines is 1. The second kappa shape index (κ2) is 8.97. The lowest BCUT2D eigenvalue weighted by Gasteiger charge is -2.37. The van der Waals surface area contributed by atoms with Crippen molar-refractivity contribution in [2.45, 2.75) is 13.5 Å². The summed E-state index contributed by atoms with van der Waals surface area (Å²) in [6, 6.07) is 20.5. The molecule has 0 unspecified atom stereocenters. The maximum Gasteiger partial charge on any atom is 0.338 e. The number of carbonyl (C=O) groups is 1. The van der Waals surface area contributed by atoms with Gasteiger partial charge >= 0.3 is 5.97 Å². The summed E-state index contributed by atoms with van der Waals surface area (Å²) in [4.78, 5) is 17.1. The lowest BCUT2D eigenvalue weighted by atomic mass is 10.1. The normalized spacial score (nSPS) is 14.7. The Hall–Kier alpha value is -3.05. The monoisotopic (exact) mass is 389 g/mol. The first-order valence-corrected chi connectivity index (χ1v) is 10.2. The maximum absolute atomic E-state index is 12.2. The van der Waals surface area contributed by atoms with E-state index in [-0.39, 0.29) is 5.97 Å². The molecule has 1 aromatic heterocycles. The zero-order valence-corrected chi connectivity index (χ0v) is 16.8. The van der Waals surface area contributed by atoms with E-state index < -0.39 is 0 Å². The van der Waals surface area contributed by atoms with Gasteiger partial charge in [0.2, 0.25) is 0 Å². The molecular weight excluding hydrogens is 362 g/mol. The third kappa shape index (κ3) is 4.51. The van der Waals surface area contributed by atoms with Crippen molar-refractivity contribution in [3.63, 3.8) is 0 Å². The molecule has 1 aliphatic rings. The van der Waals surface area contributed by atoms with Gasteiger partial charge in [-0.1, -0.05) is 30.3 Å². The molecule has 0 N–H and O–H groups in total. The SMILES string of the molecule is CCOC(=O)c1ccc(N2CCN(Cc3ccccc3)CC2)c(-n2cccc2)c1. The van der Waals surface area contributed by atoms with Crippen LogP contribution >= 0.6 is 0 Å². The molecule has 5 heteroatoms. The Morgan fingerprint density at radius 1 is 0.897 bits per heavy atom. The highest BCUT2D eigenvalue weighted by atomic mass is 16.5. The standard InChI is InChI=1S/C24H27N3O2/c1-2-29-24(28)21-10-11-22(23(18-21)26-12-6-7-13-26)27-16-14-25(15-17-27)19-20-8-4-3-5-9-20/h3-13,18H,2,14-17,19H2,1H3. The Morgan fingerprint density at radius 3 is 2.31 bits per heavy atom. The van der Waals surface area contributed by atoms with Crippen molar-refractivity contribution in [3.8, 4) is 5.69 Å². The molecule has 0 radical (unpaired) electrons. The fourth-order valence-corrected chi connectivity index (χ4v) is 3.82. The van der Waals surface area contributed by atoms with Crippen LogP contribution < -0.4 is 4.90 Å². The number of benzene rings is 2. The van der Waals surface area contributed by atoms with Crippen LogP contribution in [0.4, 0.5) is 5.69 Å². The molecule has 3 aromatic rings. The van der Waals surface area contributed by atoms with Gasteiger partial charge in [0.15, 0.2) is 0 Å². The summed E-state index contributed by atoms with van der Waals surface area (Å²) in [5.41, 5.74) is 4.10. The average molecular weight is 389 g/mol. The number of carbonyl (C=O) groups excluding carboxylic acids is 1. The van der Waals surface area contributed by atoms with E-state index in [1.165, 1.54) is 5.56 Å². The predicted molar refractivity (Wildman–Crippen MR) is 116 cm³/mol. The van der Waals surface area contributed by atoms with Crippen molar-refractivity contribution in [3.05, 3.63) is 84.2 Å². The van der Waals surface area contributed by atoms with Crippen LogP contribution in [-0.2, 0) is 11.3 Å². The van der Waals surface area contributed by atoms with Crippen LogP contribution in [0.25, 0.3) is 5.69 Å². The molecule has 0 amide bonds. The smallest absolute Gasteiger partial charge is 0.338 e. The highest BCUT2D eigenvalue weighted by Gasteiger charge is 2.21. The highest BCUT2D eigenvalue weighted by molar-refractivity contribution is 5.91. The van der Waals surface area contributed by atoms with E-state index in [0.29, 0.717) is 12.2 Å². The van der Waals surface area contributed by atoms with Crippen LogP contribution in [0.1, 0.15) is 22.8 Å². The Labute approximate surface area is 172 Å². The molecule has 0 saturated carbocycles. The molecule has 1 aliphatic heterocycles. The number of ether oxygens (including phenoxy) is 1. The predicted octanol–water partition coefficient (Wildman–Crippen LogP) is 3.98. The molecule has 4 rings (SSSR count). The maximum atomic E-state index is 12.2. The Kier molecular flexibility index (Phi) is 5.96. The molecule has 0 aliphatic carbocycles. The van der Waals surface area contributed by atoms with Gasteiger partial charge in [-0.25, -0.2) is 4.79 Å². The van der Waals surface area contributed by atoms with Gasteiger partial charge in [0.05, 0.1) is 23.5 Å². The summed E-state index contributed by atoms with van der Waals surface area (Å²) >= 11 is 0. The highest BCUT2D eigenvalue weighted by Crippen LogP contribution is 2.28. The van der Waals surface area contributed by atoms with Gasteiger partial charge < -0.3 is 14.2 Å². The number of hydrogen-bond acceptors (Lipinski definition) is 4. The zero-order chi connectivity index (χ0) is 20.1. The molecule has 0 spiro atoms. The molecule has 0 bridgehead atoms. The summed E-state index contributed by atoms with van der Waals surface area (Å²) in [5, 5.41) is 0. The van der Waals surface area contributed by atoms with Crippen molar-refractivity contribution >= 4 is 11.7 Å². The Balaban J connectivity index is 1.51. The number of esters is 1. The van der Waals surface area contributed by atoms with Crippen molar-refractivity contribution in [2.75, 3.05) is 37.7 Å². The molecule has 1 fully saturated rings. The van der Waals surface area contributed by atoms with Crippen LogP contribution in [0.5, 0.6) is 0 Å². The molecule has 150 valence electrons. The van der Waals surface area contributed by atoms with Crippen LogP contribution in [0.3, 0.4) is 0 Å². The van der Waals surface area contributed by atoms with Crippen molar-refractivity contribution < 1.29 is 9.53 Å². The summed E-state index contributed by atoms with van der Waals surface area (Å²) in [5.74, 6) is -0.278. The first-order valence-electron chi connectivity index (χ1n) is 10.2. The van der Waals surface area contributed by atoms with E-state index in [1.54, 1.807) is 0 Å². The van der Waals surface area contributed by atoms with Gasteiger partial charge in [0, 0.05) is 45.1 Å². The Bertz CT molecular complexity index is 930. The van der Waals surface area contributed by atoms with Crippen molar-refractivity contribution in [1.82, 2.24) is 9.47 Å². The minimum Gasteiger partial charge on any atom is -0.462 e. The van der Waals surface area contributed by atoms with E-state index in [0.717, 1.165) is 44.1 Å². The number of piperazine rings is 1. The van der Waals surface area contributed by atoms with Crippen molar-refractivity contribution in [1.29, 1.82) is 0 Å². The van der Waals surface area contributed by atoms with Gasteiger partial charge in [0.25, 0.3) is 0 Å². The number of rotatable bonds is 6. The minimum absolute atomic E-state index is 0.278. The molecule has 2 aromatic carbocycles. The zero-order valence-electron chi connectivity index (χ0n) is 16.8. The quantitative estimate of drug-likeness (QED) is 0.598. The van der Waals surface area contributed by atoms with Crippen LogP contribution in [0.2, 0.25) is 0 Å². The third-order valence-electron chi connectivity index (χ3n) is 5.33. The lowest BCUT2D eigenvalue weighted by Crippen LogP contribution is -2.46. The second-order valence-corrected chi connectivity index (χ2v) is 7.26. The molecule has 5 nitrogen and oxygen atoms in total. The van der Waals surface area contributed by atoms with Crippen LogP contribution in [0, 0.1) is 0 Å². The first-order chi connectivity index (χ1) is 14.2. The largest absolute Gasteiger partial charge is 0.462 e. The molecule has 1 saturated heterocycles. The lowest BCUT2D eigenvalue weighted by molar-refractivity contribution is 0.0526. The fraction of sp³-hybridized carbons (Fsp3) is 0.292. The summed E-state index contributed by atoms with van der Waals surface area (Å²) in [6.07, 6.45) is 4.03. The third-order valence-corrected chi connectivity index (χ3v) is 5.33. The fourth-order valence-electron chi connectivity index (χ4n) is 3.82. The number of hydrogen-bond donors (Lipinski definition) is 0. The summed E-state index contributed by atoms with van der Waals surface area (Å²) < 4.78 is 7.25. The summed E-state index contributed by atoms with van der Waals surface area (Å²) in [7, 11) is 0.